The fourth-order valence-corrected chi connectivity index (χ4v) is 3.56. The number of rotatable bonds is 4. The number of nitrogens with one attached hydrogen (secondary N) is 2. The Bertz CT molecular complexity index is 473. The minimum Gasteiger partial charge on any atom is -0.355 e. The third-order valence-corrected chi connectivity index (χ3v) is 5.19. The van der Waals surface area contributed by atoms with Crippen LogP contribution in [-0.2, 0) is 4.79 Å². The number of amides is 1. The fraction of sp³-hybridized carbons (Fsp3) is 0.714. The fourth-order valence-electron chi connectivity index (χ4n) is 2.70. The van der Waals surface area contributed by atoms with E-state index in [2.05, 4.69) is 25.9 Å². The van der Waals surface area contributed by atoms with E-state index in [-0.39, 0.29) is 36.6 Å². The third-order valence-electron chi connectivity index (χ3n) is 4.17. The maximum atomic E-state index is 12.1. The van der Waals surface area contributed by atoms with Crippen molar-refractivity contribution in [1.29, 1.82) is 0 Å². The molecule has 1 amide bonds. The van der Waals surface area contributed by atoms with Gasteiger partial charge in [0.05, 0.1) is 5.69 Å². The second kappa shape index (κ2) is 8.91. The van der Waals surface area contributed by atoms with Gasteiger partial charge in [-0.25, -0.2) is 4.98 Å². The van der Waals surface area contributed by atoms with Gasteiger partial charge in [-0.3, -0.25) is 4.79 Å². The van der Waals surface area contributed by atoms with E-state index >= 15 is 0 Å². The highest BCUT2D eigenvalue weighted by Gasteiger charge is 2.27. The lowest BCUT2D eigenvalue weighted by Gasteiger charge is -2.32. The molecule has 2 saturated heterocycles. The summed E-state index contributed by atoms with van der Waals surface area (Å²) in [5.74, 6) is 1.06. The Labute approximate surface area is 148 Å². The molecule has 3 rings (SSSR count). The highest BCUT2D eigenvalue weighted by atomic mass is 35.5. The van der Waals surface area contributed by atoms with Crippen LogP contribution in [0.3, 0.4) is 0 Å². The van der Waals surface area contributed by atoms with Crippen molar-refractivity contribution in [2.75, 3.05) is 37.6 Å². The Hall–Kier alpha value is -0.560. The zero-order valence-electron chi connectivity index (χ0n) is 12.7. The third kappa shape index (κ3) is 4.72. The van der Waals surface area contributed by atoms with E-state index in [1.54, 1.807) is 11.3 Å². The normalized spacial score (nSPS) is 18.9. The average Bonchev–Trinajstić information content (AvgIpc) is 2.84. The highest BCUT2D eigenvalue weighted by molar-refractivity contribution is 7.13. The molecule has 0 bridgehead atoms. The lowest BCUT2D eigenvalue weighted by molar-refractivity contribution is -0.125. The van der Waals surface area contributed by atoms with Crippen molar-refractivity contribution in [3.8, 4) is 0 Å². The van der Waals surface area contributed by atoms with E-state index in [0.29, 0.717) is 5.92 Å². The average molecular weight is 367 g/mol. The molecule has 1 aromatic heterocycles. The number of piperidine rings is 1. The maximum absolute atomic E-state index is 12.1. The van der Waals surface area contributed by atoms with Gasteiger partial charge in [-0.05, 0) is 19.8 Å². The summed E-state index contributed by atoms with van der Waals surface area (Å²) >= 11 is 1.70. The molecule has 0 aliphatic carbocycles. The second-order valence-corrected chi connectivity index (χ2v) is 6.64. The Kier molecular flexibility index (Phi) is 7.89. The first-order valence-electron chi connectivity index (χ1n) is 7.38. The Morgan fingerprint density at radius 1 is 1.41 bits per heavy atom. The predicted molar refractivity (Wildman–Crippen MR) is 95.7 cm³/mol. The van der Waals surface area contributed by atoms with Crippen LogP contribution in [0, 0.1) is 18.8 Å². The van der Waals surface area contributed by atoms with Crippen LogP contribution in [0.5, 0.6) is 0 Å². The molecule has 0 unspecified atom stereocenters. The molecule has 0 atom stereocenters. The molecule has 2 aliphatic rings. The summed E-state index contributed by atoms with van der Waals surface area (Å²) in [6.45, 7) is 6.82. The summed E-state index contributed by atoms with van der Waals surface area (Å²) in [5, 5.41) is 9.51. The van der Waals surface area contributed by atoms with Gasteiger partial charge in [0.25, 0.3) is 0 Å². The highest BCUT2D eigenvalue weighted by Crippen LogP contribution is 2.26. The van der Waals surface area contributed by atoms with Crippen LogP contribution in [-0.4, -0.2) is 43.6 Å². The number of carbonyl (C=O) groups excluding carboxylic acids is 1. The summed E-state index contributed by atoms with van der Waals surface area (Å²) in [6.07, 6.45) is 1.88. The molecule has 1 aromatic rings. The van der Waals surface area contributed by atoms with Crippen molar-refractivity contribution >= 4 is 47.2 Å². The van der Waals surface area contributed by atoms with Crippen LogP contribution in [0.25, 0.3) is 0 Å². The van der Waals surface area contributed by atoms with E-state index in [1.165, 1.54) is 0 Å². The van der Waals surface area contributed by atoms with Crippen molar-refractivity contribution in [3.05, 3.63) is 11.1 Å². The number of aromatic nitrogens is 1. The van der Waals surface area contributed by atoms with Gasteiger partial charge in [-0.1, -0.05) is 0 Å². The second-order valence-electron chi connectivity index (χ2n) is 5.80. The molecular formula is C14H24Cl2N4OS. The minimum absolute atomic E-state index is 0. The molecule has 0 radical (unpaired) electrons. The molecule has 0 spiro atoms. The number of aryl methyl sites for hydroxylation is 1. The largest absolute Gasteiger partial charge is 0.355 e. The number of thiazole rings is 1. The number of hydrogen-bond donors (Lipinski definition) is 2. The minimum atomic E-state index is 0. The monoisotopic (exact) mass is 366 g/mol. The van der Waals surface area contributed by atoms with Gasteiger partial charge in [0.2, 0.25) is 5.91 Å². The van der Waals surface area contributed by atoms with Gasteiger partial charge in [0, 0.05) is 49.9 Å². The van der Waals surface area contributed by atoms with E-state index < -0.39 is 0 Å². The molecule has 0 aromatic carbocycles. The van der Waals surface area contributed by atoms with Gasteiger partial charge in [0.1, 0.15) is 0 Å². The first-order valence-corrected chi connectivity index (χ1v) is 8.26. The maximum Gasteiger partial charge on any atom is 0.223 e. The number of nitrogens with zero attached hydrogens (tertiary/aromatic N) is 2. The van der Waals surface area contributed by atoms with Gasteiger partial charge < -0.3 is 15.5 Å². The molecule has 126 valence electrons. The molecule has 22 heavy (non-hydrogen) atoms. The summed E-state index contributed by atoms with van der Waals surface area (Å²) in [6, 6.07) is 0. The zero-order valence-corrected chi connectivity index (χ0v) is 15.2. The molecule has 2 fully saturated rings. The summed E-state index contributed by atoms with van der Waals surface area (Å²) in [7, 11) is 0. The number of anilines is 1. The SMILES string of the molecule is Cc1csc(N2CCC(C(=O)NCC3CNC3)CC2)n1.Cl.Cl. The molecule has 5 nitrogen and oxygen atoms in total. The first kappa shape index (κ1) is 19.5. The van der Waals surface area contributed by atoms with E-state index in [1.807, 2.05) is 6.92 Å². The standard InChI is InChI=1S/C14H22N4OS.2ClH/c1-10-9-20-14(17-10)18-4-2-12(3-5-18)13(19)16-8-11-6-15-7-11;;/h9,11-12,15H,2-8H2,1H3,(H,16,19);2*1H. The lowest BCUT2D eigenvalue weighted by atomic mass is 9.95. The lowest BCUT2D eigenvalue weighted by Crippen LogP contribution is -2.49. The van der Waals surface area contributed by atoms with Gasteiger partial charge >= 0.3 is 0 Å². The van der Waals surface area contributed by atoms with Crippen molar-refractivity contribution in [1.82, 2.24) is 15.6 Å². The van der Waals surface area contributed by atoms with Crippen molar-refractivity contribution < 1.29 is 4.79 Å². The quantitative estimate of drug-likeness (QED) is 0.853. The predicted octanol–water partition coefficient (Wildman–Crippen LogP) is 1.85. The van der Waals surface area contributed by atoms with Crippen molar-refractivity contribution in [2.24, 2.45) is 11.8 Å². The van der Waals surface area contributed by atoms with Gasteiger partial charge in [0.15, 0.2) is 5.13 Å². The molecule has 8 heteroatoms. The number of hydrogen-bond acceptors (Lipinski definition) is 5. The van der Waals surface area contributed by atoms with E-state index in [9.17, 15) is 4.79 Å². The molecule has 3 heterocycles. The molecule has 2 aliphatic heterocycles. The summed E-state index contributed by atoms with van der Waals surface area (Å²) in [5.41, 5.74) is 1.08. The smallest absolute Gasteiger partial charge is 0.223 e. The number of halogens is 2. The summed E-state index contributed by atoms with van der Waals surface area (Å²) in [4.78, 5) is 18.9. The van der Waals surface area contributed by atoms with Crippen LogP contribution >= 0.6 is 36.2 Å². The van der Waals surface area contributed by atoms with Crippen molar-refractivity contribution in [2.45, 2.75) is 19.8 Å². The van der Waals surface area contributed by atoms with Crippen LogP contribution in [0.4, 0.5) is 5.13 Å². The van der Waals surface area contributed by atoms with Crippen LogP contribution in [0.1, 0.15) is 18.5 Å². The Morgan fingerprint density at radius 3 is 2.59 bits per heavy atom. The zero-order chi connectivity index (χ0) is 13.9. The Balaban J connectivity index is 0.00000121. The van der Waals surface area contributed by atoms with Crippen LogP contribution in [0.2, 0.25) is 0 Å². The van der Waals surface area contributed by atoms with Crippen molar-refractivity contribution in [3.63, 3.8) is 0 Å². The van der Waals surface area contributed by atoms with Crippen LogP contribution < -0.4 is 15.5 Å². The first-order chi connectivity index (χ1) is 9.72. The molecule has 0 saturated carbocycles. The van der Waals surface area contributed by atoms with E-state index in [0.717, 1.165) is 56.4 Å². The van der Waals surface area contributed by atoms with Gasteiger partial charge in [-0.2, -0.15) is 0 Å². The van der Waals surface area contributed by atoms with E-state index in [4.69, 9.17) is 0 Å². The molecular weight excluding hydrogens is 343 g/mol. The topological polar surface area (TPSA) is 57.3 Å². The van der Waals surface area contributed by atoms with Gasteiger partial charge in [-0.15, -0.1) is 36.2 Å². The number of carbonyl (C=O) groups is 1. The Morgan fingerprint density at radius 2 is 2.09 bits per heavy atom. The summed E-state index contributed by atoms with van der Waals surface area (Å²) < 4.78 is 0. The van der Waals surface area contributed by atoms with Crippen LogP contribution in [0.15, 0.2) is 5.38 Å². The molecule has 2 N–H and O–H groups in total.